The predicted molar refractivity (Wildman–Crippen MR) is 133 cm³/mol. The van der Waals surface area contributed by atoms with E-state index in [0.717, 1.165) is 39.3 Å². The van der Waals surface area contributed by atoms with Gasteiger partial charge >= 0.3 is 8.60 Å². The van der Waals surface area contributed by atoms with Gasteiger partial charge in [-0.05, 0) is 85.3 Å². The van der Waals surface area contributed by atoms with Crippen molar-refractivity contribution in [1.82, 2.24) is 0 Å². The highest BCUT2D eigenvalue weighted by atomic mass is 31.2. The van der Waals surface area contributed by atoms with Crippen LogP contribution in [0.25, 0.3) is 11.1 Å². The van der Waals surface area contributed by atoms with Gasteiger partial charge in [0.15, 0.2) is 0 Å². The van der Waals surface area contributed by atoms with Crippen LogP contribution in [0.15, 0.2) is 91.0 Å². The van der Waals surface area contributed by atoms with Gasteiger partial charge in [-0.15, -0.1) is 0 Å². The van der Waals surface area contributed by atoms with E-state index in [1.165, 1.54) is 5.56 Å². The molecule has 0 spiro atoms. The number of benzene rings is 4. The minimum atomic E-state index is -1.71. The third kappa shape index (κ3) is 5.49. The van der Waals surface area contributed by atoms with Crippen molar-refractivity contribution in [3.05, 3.63) is 113 Å². The molecule has 4 rings (SSSR count). The normalized spacial score (nSPS) is 10.8. The van der Waals surface area contributed by atoms with Crippen LogP contribution in [-0.4, -0.2) is 0 Å². The maximum Gasteiger partial charge on any atom is 0.530 e. The molecule has 0 atom stereocenters. The van der Waals surface area contributed by atoms with Gasteiger partial charge in [-0.3, -0.25) is 0 Å². The molecule has 162 valence electrons. The monoisotopic (exact) mass is 442 g/mol. The van der Waals surface area contributed by atoms with Gasteiger partial charge in [-0.2, -0.15) is 0 Å². The summed E-state index contributed by atoms with van der Waals surface area (Å²) in [4.78, 5) is 0. The maximum atomic E-state index is 6.26. The van der Waals surface area contributed by atoms with E-state index in [9.17, 15) is 0 Å². The van der Waals surface area contributed by atoms with Gasteiger partial charge in [0.2, 0.25) is 0 Å². The van der Waals surface area contributed by atoms with Crippen LogP contribution in [0.1, 0.15) is 22.3 Å². The predicted octanol–water partition coefficient (Wildman–Crippen LogP) is 8.35. The van der Waals surface area contributed by atoms with E-state index in [-0.39, 0.29) is 0 Å². The van der Waals surface area contributed by atoms with Gasteiger partial charge in [-0.25, -0.2) is 0 Å². The van der Waals surface area contributed by atoms with Crippen molar-refractivity contribution in [3.63, 3.8) is 0 Å². The molecule has 4 aromatic carbocycles. The molecule has 0 amide bonds. The first-order valence-electron chi connectivity index (χ1n) is 10.6. The largest absolute Gasteiger partial charge is 0.530 e. The van der Waals surface area contributed by atoms with Gasteiger partial charge < -0.3 is 13.6 Å². The molecule has 0 saturated carbocycles. The smallest absolute Gasteiger partial charge is 0.409 e. The molecule has 0 N–H and O–H groups in total. The van der Waals surface area contributed by atoms with Crippen LogP contribution in [0, 0.1) is 27.7 Å². The number of aryl methyl sites for hydroxylation is 4. The average Bonchev–Trinajstić information content (AvgIpc) is 2.80. The number of hydrogen-bond donors (Lipinski definition) is 0. The summed E-state index contributed by atoms with van der Waals surface area (Å²) in [5.74, 6) is 2.23. The Morgan fingerprint density at radius 2 is 1.00 bits per heavy atom. The van der Waals surface area contributed by atoms with E-state index < -0.39 is 8.60 Å². The lowest BCUT2D eigenvalue weighted by atomic mass is 10.1. The van der Waals surface area contributed by atoms with Gasteiger partial charge in [0, 0.05) is 0 Å². The fourth-order valence-corrected chi connectivity index (χ4v) is 4.37. The molecule has 4 aromatic rings. The first-order chi connectivity index (χ1) is 15.5. The Kier molecular flexibility index (Phi) is 6.78. The highest BCUT2D eigenvalue weighted by Crippen LogP contribution is 2.44. The second kappa shape index (κ2) is 9.89. The quantitative estimate of drug-likeness (QED) is 0.269. The fourth-order valence-electron chi connectivity index (χ4n) is 3.25. The van der Waals surface area contributed by atoms with Gasteiger partial charge in [-0.1, -0.05) is 66.7 Å². The first kappa shape index (κ1) is 21.9. The van der Waals surface area contributed by atoms with Gasteiger partial charge in [0.05, 0.1) is 0 Å². The third-order valence-corrected chi connectivity index (χ3v) is 6.23. The number of hydrogen-bond acceptors (Lipinski definition) is 3. The molecule has 0 radical (unpaired) electrons. The van der Waals surface area contributed by atoms with Crippen molar-refractivity contribution in [2.24, 2.45) is 0 Å². The summed E-state index contributed by atoms with van der Waals surface area (Å²) >= 11 is 0. The Labute approximate surface area is 191 Å². The second-order valence-electron chi connectivity index (χ2n) is 7.93. The minimum absolute atomic E-state index is 0.700. The van der Waals surface area contributed by atoms with E-state index in [1.807, 2.05) is 94.4 Å². The first-order valence-corrected chi connectivity index (χ1v) is 11.7. The highest BCUT2D eigenvalue weighted by Gasteiger charge is 2.22. The number of rotatable bonds is 7. The lowest BCUT2D eigenvalue weighted by molar-refractivity contribution is 0.386. The highest BCUT2D eigenvalue weighted by molar-refractivity contribution is 7.43. The van der Waals surface area contributed by atoms with Crippen molar-refractivity contribution in [3.8, 4) is 28.4 Å². The van der Waals surface area contributed by atoms with E-state index in [1.54, 1.807) is 0 Å². The lowest BCUT2D eigenvalue weighted by Crippen LogP contribution is -2.04. The summed E-state index contributed by atoms with van der Waals surface area (Å²) < 4.78 is 18.8. The molecule has 0 heterocycles. The zero-order chi connectivity index (χ0) is 22.5. The van der Waals surface area contributed by atoms with Crippen LogP contribution < -0.4 is 13.6 Å². The molecule has 0 fully saturated rings. The van der Waals surface area contributed by atoms with E-state index >= 15 is 0 Å². The summed E-state index contributed by atoms with van der Waals surface area (Å²) in [6.07, 6.45) is 0. The topological polar surface area (TPSA) is 27.7 Å². The molecule has 32 heavy (non-hydrogen) atoms. The maximum absolute atomic E-state index is 6.26. The molecular formula is C28H27O3P. The van der Waals surface area contributed by atoms with Gasteiger partial charge in [0.25, 0.3) is 0 Å². The lowest BCUT2D eigenvalue weighted by Gasteiger charge is -2.20. The van der Waals surface area contributed by atoms with Crippen LogP contribution in [0.4, 0.5) is 0 Å². The van der Waals surface area contributed by atoms with E-state index in [0.29, 0.717) is 5.75 Å². The summed E-state index contributed by atoms with van der Waals surface area (Å²) in [5, 5.41) is 0. The molecule has 0 unspecified atom stereocenters. The SMILES string of the molecule is Cc1ccc(C)c(OP(Oc2ccc(-c3ccccc3)cc2)Oc2cc(C)ccc2C)c1. The fraction of sp³-hybridized carbons (Fsp3) is 0.143. The van der Waals surface area contributed by atoms with Crippen LogP contribution in [0.5, 0.6) is 17.2 Å². The van der Waals surface area contributed by atoms with Gasteiger partial charge in [0.1, 0.15) is 17.2 Å². The Balaban J connectivity index is 1.59. The zero-order valence-corrected chi connectivity index (χ0v) is 19.7. The van der Waals surface area contributed by atoms with E-state index in [2.05, 4.69) is 24.3 Å². The standard InChI is InChI=1S/C28H27O3P/c1-20-10-12-22(3)27(18-20)30-32(31-28-19-21(2)11-13-23(28)4)29-26-16-14-25(15-17-26)24-8-6-5-7-9-24/h5-19H,1-4H3. The summed E-state index contributed by atoms with van der Waals surface area (Å²) in [6, 6.07) is 30.5. The molecule has 0 bridgehead atoms. The Bertz CT molecular complexity index is 1130. The summed E-state index contributed by atoms with van der Waals surface area (Å²) in [7, 11) is -1.71. The van der Waals surface area contributed by atoms with E-state index in [4.69, 9.17) is 13.6 Å². The zero-order valence-electron chi connectivity index (χ0n) is 18.8. The van der Waals surface area contributed by atoms with Crippen LogP contribution >= 0.6 is 8.60 Å². The molecule has 0 aliphatic carbocycles. The van der Waals surface area contributed by atoms with Crippen LogP contribution in [-0.2, 0) is 0 Å². The van der Waals surface area contributed by atoms with Crippen LogP contribution in [0.2, 0.25) is 0 Å². The molecule has 4 heteroatoms. The van der Waals surface area contributed by atoms with Crippen molar-refractivity contribution >= 4 is 8.60 Å². The van der Waals surface area contributed by atoms with Crippen molar-refractivity contribution < 1.29 is 13.6 Å². The summed E-state index contributed by atoms with van der Waals surface area (Å²) in [6.45, 7) is 8.14. The third-order valence-electron chi connectivity index (χ3n) is 5.17. The molecular weight excluding hydrogens is 415 g/mol. The Hall–Kier alpha value is -3.29. The van der Waals surface area contributed by atoms with Crippen molar-refractivity contribution in [2.45, 2.75) is 27.7 Å². The minimum Gasteiger partial charge on any atom is -0.409 e. The molecule has 0 aliphatic heterocycles. The van der Waals surface area contributed by atoms with Crippen molar-refractivity contribution in [2.75, 3.05) is 0 Å². The molecule has 3 nitrogen and oxygen atoms in total. The van der Waals surface area contributed by atoms with Crippen molar-refractivity contribution in [1.29, 1.82) is 0 Å². The second-order valence-corrected chi connectivity index (χ2v) is 8.92. The Morgan fingerprint density at radius 1 is 0.500 bits per heavy atom. The molecule has 0 aliphatic rings. The summed E-state index contributed by atoms with van der Waals surface area (Å²) in [5.41, 5.74) is 6.62. The molecule has 0 aromatic heterocycles. The Morgan fingerprint density at radius 3 is 1.53 bits per heavy atom. The van der Waals surface area contributed by atoms with Crippen LogP contribution in [0.3, 0.4) is 0 Å². The molecule has 0 saturated heterocycles. The average molecular weight is 442 g/mol.